The molecule has 5 nitrogen and oxygen atoms in total. The smallest absolute Gasteiger partial charge is 0.265 e. The fourth-order valence-electron chi connectivity index (χ4n) is 3.86. The second-order valence-electron chi connectivity index (χ2n) is 8.58. The molecule has 168 valence electrons. The highest BCUT2D eigenvalue weighted by Crippen LogP contribution is 2.21. The van der Waals surface area contributed by atoms with Gasteiger partial charge in [0.2, 0.25) is 0 Å². The fraction of sp³-hybridized carbons (Fsp3) is 0.739. The maximum Gasteiger partial charge on any atom is 0.265 e. The van der Waals surface area contributed by atoms with E-state index in [1.165, 1.54) is 51.4 Å². The molecule has 0 aliphatic rings. The molecule has 0 aliphatic heterocycles. The Morgan fingerprint density at radius 1 is 0.897 bits per heavy atom. The second-order valence-corrected chi connectivity index (χ2v) is 10.2. The second kappa shape index (κ2) is 14.1. The molecule has 0 aliphatic carbocycles. The molecule has 2 atom stereocenters. The summed E-state index contributed by atoms with van der Waals surface area (Å²) < 4.78 is 31.6. The van der Waals surface area contributed by atoms with Gasteiger partial charge in [-0.15, -0.1) is 0 Å². The van der Waals surface area contributed by atoms with E-state index in [1.807, 2.05) is 37.4 Å². The number of hydrogen-bond acceptors (Lipinski definition) is 3. The summed E-state index contributed by atoms with van der Waals surface area (Å²) in [5, 5.41) is 10.7. The van der Waals surface area contributed by atoms with Crippen molar-refractivity contribution in [3.8, 4) is 0 Å². The summed E-state index contributed by atoms with van der Waals surface area (Å²) in [5.41, 5.74) is 1.12. The van der Waals surface area contributed by atoms with Gasteiger partial charge in [-0.25, -0.2) is 0 Å². The number of aliphatic hydroxyl groups excluding tert-OH is 1. The van der Waals surface area contributed by atoms with Crippen LogP contribution in [0.4, 0.5) is 0 Å². The Balaban J connectivity index is 2.45. The predicted octanol–water partition coefficient (Wildman–Crippen LogP) is 5.15. The lowest BCUT2D eigenvalue weighted by Gasteiger charge is -2.39. The summed E-state index contributed by atoms with van der Waals surface area (Å²) in [6.45, 7) is 3.67. The Morgan fingerprint density at radius 3 is 1.93 bits per heavy atom. The van der Waals surface area contributed by atoms with Gasteiger partial charge in [0, 0.05) is 12.0 Å². The van der Waals surface area contributed by atoms with Gasteiger partial charge in [-0.2, -0.15) is 8.42 Å². The normalized spacial score (nSPS) is 15.2. The zero-order valence-corrected chi connectivity index (χ0v) is 19.2. The summed E-state index contributed by atoms with van der Waals surface area (Å²) in [6.07, 6.45) is 11.8. The van der Waals surface area contributed by atoms with Gasteiger partial charge in [0.15, 0.2) is 6.23 Å². The predicted molar refractivity (Wildman–Crippen MR) is 120 cm³/mol. The van der Waals surface area contributed by atoms with E-state index in [2.05, 4.69) is 6.92 Å². The van der Waals surface area contributed by atoms with Crippen LogP contribution >= 0.6 is 0 Å². The van der Waals surface area contributed by atoms with Crippen LogP contribution in [0.25, 0.3) is 0 Å². The van der Waals surface area contributed by atoms with Crippen LogP contribution in [0.15, 0.2) is 30.3 Å². The van der Waals surface area contributed by atoms with Crippen molar-refractivity contribution in [2.45, 2.75) is 90.3 Å². The first kappa shape index (κ1) is 26.1. The van der Waals surface area contributed by atoms with E-state index in [0.29, 0.717) is 11.0 Å². The Labute approximate surface area is 178 Å². The van der Waals surface area contributed by atoms with Crippen molar-refractivity contribution >= 4 is 10.1 Å². The highest BCUT2D eigenvalue weighted by molar-refractivity contribution is 7.85. The van der Waals surface area contributed by atoms with Crippen LogP contribution in [0.1, 0.15) is 83.1 Å². The maximum absolute atomic E-state index is 11.1. The number of aliphatic hydroxyl groups is 1. The molecule has 0 spiro atoms. The molecule has 1 aromatic rings. The molecule has 1 rings (SSSR count). The van der Waals surface area contributed by atoms with Crippen LogP contribution in [-0.2, 0) is 16.7 Å². The van der Waals surface area contributed by atoms with Crippen LogP contribution in [-0.4, -0.2) is 48.1 Å². The molecular formula is C23H42NO4S+. The molecule has 0 bridgehead atoms. The van der Waals surface area contributed by atoms with Gasteiger partial charge in [0.05, 0.1) is 19.3 Å². The molecule has 0 amide bonds. The number of unbranched alkanes of at least 4 members (excludes halogenated alkanes) is 9. The van der Waals surface area contributed by atoms with Crippen molar-refractivity contribution in [3.05, 3.63) is 35.9 Å². The Hall–Kier alpha value is -0.950. The molecule has 0 heterocycles. The number of quaternary nitrogens is 1. The zero-order chi connectivity index (χ0) is 21.6. The number of nitrogens with zero attached hydrogens (tertiary/aromatic N) is 1. The van der Waals surface area contributed by atoms with Crippen LogP contribution in [0.2, 0.25) is 0 Å². The van der Waals surface area contributed by atoms with Crippen molar-refractivity contribution in [3.63, 3.8) is 0 Å². The van der Waals surface area contributed by atoms with Crippen molar-refractivity contribution in [1.82, 2.24) is 0 Å². The minimum absolute atomic E-state index is 0.0416. The van der Waals surface area contributed by atoms with Crippen LogP contribution in [0.5, 0.6) is 0 Å². The van der Waals surface area contributed by atoms with Gasteiger partial charge >= 0.3 is 0 Å². The van der Waals surface area contributed by atoms with Crippen LogP contribution < -0.4 is 0 Å². The van der Waals surface area contributed by atoms with Gasteiger partial charge in [-0.3, -0.25) is 9.04 Å². The molecule has 1 aromatic carbocycles. The Kier molecular flexibility index (Phi) is 12.7. The van der Waals surface area contributed by atoms with Gasteiger partial charge < -0.3 is 5.11 Å². The largest absolute Gasteiger partial charge is 0.345 e. The number of hydrogen-bond donors (Lipinski definition) is 2. The summed E-state index contributed by atoms with van der Waals surface area (Å²) in [4.78, 5) is 0. The minimum atomic E-state index is -4.07. The topological polar surface area (TPSA) is 74.6 Å². The number of rotatable bonds is 17. The molecule has 6 heteroatoms. The maximum atomic E-state index is 11.1. The lowest BCUT2D eigenvalue weighted by molar-refractivity contribution is -0.966. The molecular weight excluding hydrogens is 386 g/mol. The van der Waals surface area contributed by atoms with Crippen molar-refractivity contribution in [2.75, 3.05) is 19.3 Å². The van der Waals surface area contributed by atoms with E-state index in [9.17, 15) is 13.5 Å². The van der Waals surface area contributed by atoms with E-state index >= 15 is 0 Å². The average Bonchev–Trinajstić information content (AvgIpc) is 2.67. The lowest BCUT2D eigenvalue weighted by Crippen LogP contribution is -2.52. The van der Waals surface area contributed by atoms with Crippen molar-refractivity contribution in [1.29, 1.82) is 0 Å². The summed E-state index contributed by atoms with van der Waals surface area (Å²) in [6, 6.07) is 9.98. The van der Waals surface area contributed by atoms with E-state index in [-0.39, 0.29) is 6.42 Å². The summed E-state index contributed by atoms with van der Waals surface area (Å²) in [7, 11) is -2.08. The first-order valence-electron chi connectivity index (χ1n) is 11.3. The van der Waals surface area contributed by atoms with Gasteiger partial charge in [0.25, 0.3) is 10.1 Å². The highest BCUT2D eigenvalue weighted by Gasteiger charge is 2.31. The summed E-state index contributed by atoms with van der Waals surface area (Å²) in [5.74, 6) is -0.408. The first-order chi connectivity index (χ1) is 13.8. The molecule has 0 saturated heterocycles. The van der Waals surface area contributed by atoms with Crippen LogP contribution in [0.3, 0.4) is 0 Å². The van der Waals surface area contributed by atoms with E-state index in [0.717, 1.165) is 24.9 Å². The minimum Gasteiger partial charge on any atom is -0.345 e. The summed E-state index contributed by atoms with van der Waals surface area (Å²) >= 11 is 0. The fourth-order valence-corrected chi connectivity index (χ4v) is 4.37. The molecule has 0 saturated carbocycles. The monoisotopic (exact) mass is 428 g/mol. The van der Waals surface area contributed by atoms with Crippen molar-refractivity contribution in [2.24, 2.45) is 0 Å². The molecule has 0 fully saturated rings. The van der Waals surface area contributed by atoms with Gasteiger partial charge in [-0.1, -0.05) is 88.6 Å². The SMILES string of the molecule is CCCCCCCCCCCC[N+](C)(Cc1ccccc1)C(O)CCS(=O)(=O)O. The van der Waals surface area contributed by atoms with Gasteiger partial charge in [0.1, 0.15) is 6.54 Å². The van der Waals surface area contributed by atoms with E-state index < -0.39 is 22.1 Å². The van der Waals surface area contributed by atoms with Crippen LogP contribution in [0, 0.1) is 0 Å². The highest BCUT2D eigenvalue weighted by atomic mass is 32.2. The third kappa shape index (κ3) is 12.4. The van der Waals surface area contributed by atoms with E-state index in [1.54, 1.807) is 0 Å². The standard InChI is InChI=1S/C23H41NO4S/c1-3-4-5-6-7-8-9-10-11-15-19-24(2,21-22-16-13-12-14-17-22)23(25)18-20-29(26,27)28/h12-14,16-17,23,25H,3-11,15,18-21H2,1-2H3/p+1. The molecule has 0 aromatic heterocycles. The quantitative estimate of drug-likeness (QED) is 0.156. The average molecular weight is 429 g/mol. The Morgan fingerprint density at radius 2 is 1.41 bits per heavy atom. The first-order valence-corrected chi connectivity index (χ1v) is 12.9. The molecule has 29 heavy (non-hydrogen) atoms. The number of benzene rings is 1. The third-order valence-corrected chi connectivity index (χ3v) is 6.51. The molecule has 2 unspecified atom stereocenters. The molecule has 2 N–H and O–H groups in total. The van der Waals surface area contributed by atoms with E-state index in [4.69, 9.17) is 4.55 Å². The third-order valence-electron chi connectivity index (χ3n) is 5.76. The zero-order valence-electron chi connectivity index (χ0n) is 18.4. The molecule has 0 radical (unpaired) electrons. The Bertz CT molecular complexity index is 636. The van der Waals surface area contributed by atoms with Crippen molar-refractivity contribution < 1.29 is 22.6 Å². The lowest BCUT2D eigenvalue weighted by atomic mass is 10.1. The van der Waals surface area contributed by atoms with Gasteiger partial charge in [-0.05, 0) is 12.8 Å².